The van der Waals surface area contributed by atoms with Crippen molar-refractivity contribution >= 4 is 17.7 Å². The lowest BCUT2D eigenvalue weighted by Gasteiger charge is -2.27. The van der Waals surface area contributed by atoms with E-state index in [9.17, 15) is 9.59 Å². The Hall–Kier alpha value is -1.89. The highest BCUT2D eigenvalue weighted by atomic mass is 16.5. The quantitative estimate of drug-likeness (QED) is 0.734. The van der Waals surface area contributed by atoms with E-state index in [1.807, 2.05) is 6.92 Å². The van der Waals surface area contributed by atoms with Crippen molar-refractivity contribution in [2.75, 3.05) is 31.6 Å². The lowest BCUT2D eigenvalue weighted by molar-refractivity contribution is -0.897. The average Bonchev–Trinajstić information content (AvgIpc) is 2.85. The number of aryl methyl sites for hydroxylation is 1. The molecule has 0 atom stereocenters. The maximum Gasteiger partial charge on any atom is 0.309 e. The highest BCUT2D eigenvalue weighted by molar-refractivity contribution is 5.90. The largest absolute Gasteiger partial charge is 0.466 e. The first kappa shape index (κ1) is 15.5. The van der Waals surface area contributed by atoms with Crippen LogP contribution in [0.4, 0.5) is 5.82 Å². The molecule has 0 saturated carbocycles. The number of carbonyl (C=O) groups is 2. The number of hydrogen-bond acceptors (Lipinski definition) is 5. The minimum atomic E-state index is -0.112. The van der Waals surface area contributed by atoms with Crippen molar-refractivity contribution in [1.29, 1.82) is 0 Å². The van der Waals surface area contributed by atoms with Gasteiger partial charge in [0.2, 0.25) is 0 Å². The SMILES string of the molecule is CCOC(=O)C1CC[NH+](CC(=O)Nc2cc(C)on2)CC1. The van der Waals surface area contributed by atoms with Crippen LogP contribution in [0.1, 0.15) is 25.5 Å². The third-order valence-corrected chi connectivity index (χ3v) is 3.62. The normalized spacial score (nSPS) is 21.8. The Morgan fingerprint density at radius 3 is 2.76 bits per heavy atom. The van der Waals surface area contributed by atoms with E-state index < -0.39 is 0 Å². The Morgan fingerprint density at radius 1 is 1.48 bits per heavy atom. The van der Waals surface area contributed by atoms with Gasteiger partial charge in [-0.3, -0.25) is 9.59 Å². The highest BCUT2D eigenvalue weighted by Crippen LogP contribution is 2.11. The predicted octanol–water partition coefficient (Wildman–Crippen LogP) is -0.220. The minimum Gasteiger partial charge on any atom is -0.466 e. The number of ether oxygens (including phenoxy) is 1. The first-order chi connectivity index (χ1) is 10.1. The summed E-state index contributed by atoms with van der Waals surface area (Å²) in [6.07, 6.45) is 1.54. The molecular formula is C14H22N3O4+. The van der Waals surface area contributed by atoms with Crippen LogP contribution in [0.2, 0.25) is 0 Å². The van der Waals surface area contributed by atoms with Crippen molar-refractivity contribution < 1.29 is 23.7 Å². The van der Waals surface area contributed by atoms with Gasteiger partial charge in [0.15, 0.2) is 12.4 Å². The zero-order valence-electron chi connectivity index (χ0n) is 12.5. The summed E-state index contributed by atoms with van der Waals surface area (Å²) in [5.41, 5.74) is 0. The van der Waals surface area contributed by atoms with E-state index in [1.165, 1.54) is 4.90 Å². The number of anilines is 1. The van der Waals surface area contributed by atoms with Gasteiger partial charge in [-0.05, 0) is 13.8 Å². The predicted molar refractivity (Wildman–Crippen MR) is 74.8 cm³/mol. The van der Waals surface area contributed by atoms with Gasteiger partial charge in [-0.25, -0.2) is 0 Å². The molecule has 0 unspecified atom stereocenters. The molecule has 0 spiro atoms. The molecule has 1 aromatic rings. The zero-order valence-corrected chi connectivity index (χ0v) is 12.5. The number of likely N-dealkylation sites (tertiary alicyclic amines) is 1. The van der Waals surface area contributed by atoms with Gasteiger partial charge < -0.3 is 19.5 Å². The van der Waals surface area contributed by atoms with E-state index in [2.05, 4.69) is 10.5 Å². The summed E-state index contributed by atoms with van der Waals surface area (Å²) < 4.78 is 9.93. The smallest absolute Gasteiger partial charge is 0.309 e. The Morgan fingerprint density at radius 2 is 2.19 bits per heavy atom. The Balaban J connectivity index is 1.73. The minimum absolute atomic E-state index is 0.0186. The van der Waals surface area contributed by atoms with Crippen molar-refractivity contribution in [2.45, 2.75) is 26.7 Å². The van der Waals surface area contributed by atoms with Crippen molar-refractivity contribution in [2.24, 2.45) is 5.92 Å². The molecule has 0 aliphatic carbocycles. The first-order valence-corrected chi connectivity index (χ1v) is 7.32. The van der Waals surface area contributed by atoms with Gasteiger partial charge in [-0.15, -0.1) is 0 Å². The molecule has 2 N–H and O–H groups in total. The molecule has 1 fully saturated rings. The van der Waals surface area contributed by atoms with Gasteiger partial charge >= 0.3 is 5.97 Å². The lowest BCUT2D eigenvalue weighted by atomic mass is 9.97. The molecule has 7 nitrogen and oxygen atoms in total. The first-order valence-electron chi connectivity index (χ1n) is 7.32. The van der Waals surface area contributed by atoms with Crippen LogP contribution in [0.25, 0.3) is 0 Å². The van der Waals surface area contributed by atoms with Crippen LogP contribution in [0.15, 0.2) is 10.6 Å². The Bertz CT molecular complexity index is 492. The van der Waals surface area contributed by atoms with Gasteiger partial charge in [-0.1, -0.05) is 5.16 Å². The summed E-state index contributed by atoms with van der Waals surface area (Å²) in [5, 5.41) is 6.44. The number of piperidine rings is 1. The molecule has 0 aromatic carbocycles. The number of aromatic nitrogens is 1. The zero-order chi connectivity index (χ0) is 15.2. The summed E-state index contributed by atoms with van der Waals surface area (Å²) in [5.74, 6) is 0.883. The van der Waals surface area contributed by atoms with Crippen LogP contribution in [0.3, 0.4) is 0 Å². The lowest BCUT2D eigenvalue weighted by Crippen LogP contribution is -3.14. The second-order valence-electron chi connectivity index (χ2n) is 5.32. The number of nitrogens with one attached hydrogen (secondary N) is 2. The van der Waals surface area contributed by atoms with Crippen molar-refractivity contribution in [3.8, 4) is 0 Å². The van der Waals surface area contributed by atoms with E-state index in [4.69, 9.17) is 9.26 Å². The second-order valence-corrected chi connectivity index (χ2v) is 5.32. The second kappa shape index (κ2) is 7.21. The standard InChI is InChI=1S/C14H21N3O4/c1-3-20-14(19)11-4-6-17(7-5-11)9-13(18)15-12-8-10(2)21-16-12/h8,11H,3-7,9H2,1-2H3,(H,15,16,18)/p+1. The molecule has 2 heterocycles. The average molecular weight is 296 g/mol. The van der Waals surface area contributed by atoms with Gasteiger partial charge in [0.1, 0.15) is 5.76 Å². The molecule has 116 valence electrons. The third kappa shape index (κ3) is 4.56. The van der Waals surface area contributed by atoms with E-state index in [1.54, 1.807) is 13.0 Å². The number of nitrogens with zero attached hydrogens (tertiary/aromatic N) is 1. The Kier molecular flexibility index (Phi) is 5.32. The molecule has 1 aliphatic heterocycles. The number of amides is 1. The van der Waals surface area contributed by atoms with Crippen LogP contribution >= 0.6 is 0 Å². The van der Waals surface area contributed by atoms with Crippen LogP contribution in [0.5, 0.6) is 0 Å². The van der Waals surface area contributed by atoms with Crippen molar-refractivity contribution in [3.63, 3.8) is 0 Å². The molecule has 1 aromatic heterocycles. The van der Waals surface area contributed by atoms with Crippen LogP contribution in [-0.2, 0) is 14.3 Å². The summed E-state index contributed by atoms with van der Waals surface area (Å²) in [6, 6.07) is 1.68. The molecular weight excluding hydrogens is 274 g/mol. The molecule has 1 amide bonds. The molecule has 7 heteroatoms. The summed E-state index contributed by atoms with van der Waals surface area (Å²) >= 11 is 0. The number of rotatable bonds is 5. The maximum absolute atomic E-state index is 11.9. The number of carbonyl (C=O) groups excluding carboxylic acids is 2. The van der Waals surface area contributed by atoms with Crippen LogP contribution in [0, 0.1) is 12.8 Å². The van der Waals surface area contributed by atoms with Gasteiger partial charge in [0.25, 0.3) is 5.91 Å². The molecule has 21 heavy (non-hydrogen) atoms. The molecule has 1 aliphatic rings. The van der Waals surface area contributed by atoms with Gasteiger partial charge in [-0.2, -0.15) is 0 Å². The fourth-order valence-electron chi connectivity index (χ4n) is 2.54. The van der Waals surface area contributed by atoms with E-state index in [0.717, 1.165) is 25.9 Å². The molecule has 1 saturated heterocycles. The summed E-state index contributed by atoms with van der Waals surface area (Å²) in [7, 11) is 0. The fraction of sp³-hybridized carbons (Fsp3) is 0.643. The highest BCUT2D eigenvalue weighted by Gasteiger charge is 2.29. The van der Waals surface area contributed by atoms with Crippen molar-refractivity contribution in [3.05, 3.63) is 11.8 Å². The summed E-state index contributed by atoms with van der Waals surface area (Å²) in [4.78, 5) is 24.7. The topological polar surface area (TPSA) is 85.9 Å². The van der Waals surface area contributed by atoms with Crippen molar-refractivity contribution in [1.82, 2.24) is 5.16 Å². The Labute approximate surface area is 123 Å². The van der Waals surface area contributed by atoms with Gasteiger partial charge in [0, 0.05) is 18.9 Å². The van der Waals surface area contributed by atoms with E-state index in [0.29, 0.717) is 24.7 Å². The fourth-order valence-corrected chi connectivity index (χ4v) is 2.54. The number of quaternary nitrogens is 1. The molecule has 0 radical (unpaired) electrons. The van der Waals surface area contributed by atoms with Crippen LogP contribution in [-0.4, -0.2) is 43.3 Å². The van der Waals surface area contributed by atoms with Crippen LogP contribution < -0.4 is 10.2 Å². The number of esters is 1. The van der Waals surface area contributed by atoms with E-state index in [-0.39, 0.29) is 17.8 Å². The molecule has 0 bridgehead atoms. The van der Waals surface area contributed by atoms with E-state index >= 15 is 0 Å². The maximum atomic E-state index is 11.9. The van der Waals surface area contributed by atoms with Gasteiger partial charge in [0.05, 0.1) is 25.6 Å². The molecule has 2 rings (SSSR count). The third-order valence-electron chi connectivity index (χ3n) is 3.62. The summed E-state index contributed by atoms with van der Waals surface area (Å²) in [6.45, 7) is 5.98. The number of hydrogen-bond donors (Lipinski definition) is 2. The monoisotopic (exact) mass is 296 g/mol.